The van der Waals surface area contributed by atoms with Crippen LogP contribution in [0.15, 0.2) is 0 Å². The normalized spacial score (nSPS) is 17.8. The first kappa shape index (κ1) is 13.9. The van der Waals surface area contributed by atoms with Gasteiger partial charge in [-0.05, 0) is 25.2 Å². The first-order valence-corrected chi connectivity index (χ1v) is 6.04. The van der Waals surface area contributed by atoms with Gasteiger partial charge in [0.15, 0.2) is 0 Å². The second-order valence-corrected chi connectivity index (χ2v) is 4.31. The molecule has 0 saturated carbocycles. The van der Waals surface area contributed by atoms with Crippen molar-refractivity contribution in [3.05, 3.63) is 0 Å². The van der Waals surface area contributed by atoms with E-state index in [2.05, 4.69) is 33.0 Å². The molecule has 0 heterocycles. The monoisotopic (exact) mass is 201 g/mol. The van der Waals surface area contributed by atoms with Crippen molar-refractivity contribution in [3.63, 3.8) is 0 Å². The first-order chi connectivity index (χ1) is 6.67. The molecule has 0 aliphatic heterocycles. The molecule has 2 nitrogen and oxygen atoms in total. The maximum Gasteiger partial charge on any atom is 0.0584 e. The predicted molar refractivity (Wildman–Crippen MR) is 62.5 cm³/mol. The number of rotatable bonds is 8. The lowest BCUT2D eigenvalue weighted by Gasteiger charge is -2.25. The zero-order valence-corrected chi connectivity index (χ0v) is 10.2. The molecule has 0 aromatic carbocycles. The SMILES string of the molecule is CCC(C)CC(CC)N[C@H](CC)CO. The van der Waals surface area contributed by atoms with E-state index in [9.17, 15) is 0 Å². The maximum absolute atomic E-state index is 9.10. The molecule has 0 aliphatic rings. The molecular formula is C12H27NO. The van der Waals surface area contributed by atoms with Gasteiger partial charge in [0, 0.05) is 12.1 Å². The van der Waals surface area contributed by atoms with Crippen LogP contribution in [0.3, 0.4) is 0 Å². The summed E-state index contributed by atoms with van der Waals surface area (Å²) >= 11 is 0. The van der Waals surface area contributed by atoms with Gasteiger partial charge in [0.1, 0.15) is 0 Å². The summed E-state index contributed by atoms with van der Waals surface area (Å²) in [5, 5.41) is 12.6. The quantitative estimate of drug-likeness (QED) is 0.632. The van der Waals surface area contributed by atoms with Gasteiger partial charge in [-0.3, -0.25) is 0 Å². The molecule has 2 N–H and O–H groups in total. The van der Waals surface area contributed by atoms with E-state index in [4.69, 9.17) is 5.11 Å². The van der Waals surface area contributed by atoms with Crippen LogP contribution in [-0.2, 0) is 0 Å². The highest BCUT2D eigenvalue weighted by atomic mass is 16.3. The molecule has 3 atom stereocenters. The zero-order chi connectivity index (χ0) is 11.0. The van der Waals surface area contributed by atoms with Gasteiger partial charge in [0.2, 0.25) is 0 Å². The summed E-state index contributed by atoms with van der Waals surface area (Å²) in [5.41, 5.74) is 0. The van der Waals surface area contributed by atoms with Crippen LogP contribution < -0.4 is 5.32 Å². The zero-order valence-electron chi connectivity index (χ0n) is 10.2. The third kappa shape index (κ3) is 5.61. The molecule has 0 aromatic rings. The van der Waals surface area contributed by atoms with E-state index >= 15 is 0 Å². The maximum atomic E-state index is 9.10. The van der Waals surface area contributed by atoms with Gasteiger partial charge >= 0.3 is 0 Å². The highest BCUT2D eigenvalue weighted by Crippen LogP contribution is 2.12. The summed E-state index contributed by atoms with van der Waals surface area (Å²) in [6, 6.07) is 0.853. The van der Waals surface area contributed by atoms with Crippen molar-refractivity contribution >= 4 is 0 Å². The third-order valence-electron chi connectivity index (χ3n) is 3.06. The number of hydrogen-bond donors (Lipinski definition) is 2. The van der Waals surface area contributed by atoms with E-state index < -0.39 is 0 Å². The average molecular weight is 201 g/mol. The lowest BCUT2D eigenvalue weighted by Crippen LogP contribution is -2.40. The van der Waals surface area contributed by atoms with Crippen LogP contribution in [0.2, 0.25) is 0 Å². The lowest BCUT2D eigenvalue weighted by molar-refractivity contribution is 0.218. The molecule has 0 spiro atoms. The van der Waals surface area contributed by atoms with Crippen LogP contribution in [0, 0.1) is 5.92 Å². The molecule has 0 amide bonds. The Balaban J connectivity index is 3.88. The van der Waals surface area contributed by atoms with Crippen molar-refractivity contribution < 1.29 is 5.11 Å². The average Bonchev–Trinajstić information content (AvgIpc) is 2.23. The van der Waals surface area contributed by atoms with E-state index in [1.807, 2.05) is 0 Å². The number of aliphatic hydroxyl groups is 1. The summed E-state index contributed by atoms with van der Waals surface area (Å²) in [7, 11) is 0. The second kappa shape index (κ2) is 8.25. The second-order valence-electron chi connectivity index (χ2n) is 4.31. The highest BCUT2D eigenvalue weighted by Gasteiger charge is 2.13. The fraction of sp³-hybridized carbons (Fsp3) is 1.00. The molecule has 2 unspecified atom stereocenters. The molecule has 0 saturated heterocycles. The van der Waals surface area contributed by atoms with E-state index in [1.165, 1.54) is 12.8 Å². The fourth-order valence-corrected chi connectivity index (χ4v) is 1.64. The highest BCUT2D eigenvalue weighted by molar-refractivity contribution is 4.73. The van der Waals surface area contributed by atoms with E-state index in [0.29, 0.717) is 6.04 Å². The minimum absolute atomic E-state index is 0.257. The van der Waals surface area contributed by atoms with Crippen molar-refractivity contribution in [2.45, 2.75) is 65.5 Å². The summed E-state index contributed by atoms with van der Waals surface area (Å²) < 4.78 is 0. The van der Waals surface area contributed by atoms with Gasteiger partial charge in [-0.25, -0.2) is 0 Å². The van der Waals surface area contributed by atoms with Crippen LogP contribution in [0.25, 0.3) is 0 Å². The molecule has 0 rings (SSSR count). The summed E-state index contributed by atoms with van der Waals surface area (Å²) in [6.07, 6.45) is 4.63. The first-order valence-electron chi connectivity index (χ1n) is 6.04. The number of hydrogen-bond acceptors (Lipinski definition) is 2. The molecule has 0 radical (unpaired) electrons. The fourth-order valence-electron chi connectivity index (χ4n) is 1.64. The molecule has 0 fully saturated rings. The molecular weight excluding hydrogens is 174 g/mol. The summed E-state index contributed by atoms with van der Waals surface area (Å²) in [5.74, 6) is 0.781. The van der Waals surface area contributed by atoms with Gasteiger partial charge in [0.05, 0.1) is 6.61 Å². The van der Waals surface area contributed by atoms with Gasteiger partial charge in [-0.1, -0.05) is 34.1 Å². The third-order valence-corrected chi connectivity index (χ3v) is 3.06. The molecule has 0 aliphatic carbocycles. The van der Waals surface area contributed by atoms with Crippen LogP contribution in [-0.4, -0.2) is 23.8 Å². The molecule has 86 valence electrons. The Bertz CT molecular complexity index is 123. The van der Waals surface area contributed by atoms with Crippen LogP contribution in [0.1, 0.15) is 53.4 Å². The van der Waals surface area contributed by atoms with Gasteiger partial charge in [-0.15, -0.1) is 0 Å². The Hall–Kier alpha value is -0.0800. The van der Waals surface area contributed by atoms with Crippen molar-refractivity contribution in [2.75, 3.05) is 6.61 Å². The minimum Gasteiger partial charge on any atom is -0.395 e. The number of aliphatic hydroxyl groups excluding tert-OH is 1. The Kier molecular flexibility index (Phi) is 8.20. The number of nitrogens with one attached hydrogen (secondary N) is 1. The van der Waals surface area contributed by atoms with E-state index in [1.54, 1.807) is 0 Å². The topological polar surface area (TPSA) is 32.3 Å². The predicted octanol–water partition coefficient (Wildman–Crippen LogP) is 2.56. The molecule has 14 heavy (non-hydrogen) atoms. The minimum atomic E-state index is 0.257. The van der Waals surface area contributed by atoms with E-state index in [0.717, 1.165) is 18.8 Å². The van der Waals surface area contributed by atoms with Crippen LogP contribution in [0.4, 0.5) is 0 Å². The Morgan fingerprint density at radius 3 is 1.93 bits per heavy atom. The standard InChI is InChI=1S/C12H27NO/c1-5-10(4)8-11(6-2)13-12(7-3)9-14/h10-14H,5-9H2,1-4H3/t10?,11?,12-/m1/s1. The van der Waals surface area contributed by atoms with Gasteiger partial charge in [-0.2, -0.15) is 0 Å². The summed E-state index contributed by atoms with van der Waals surface area (Å²) in [4.78, 5) is 0. The van der Waals surface area contributed by atoms with Crippen molar-refractivity contribution in [3.8, 4) is 0 Å². The van der Waals surface area contributed by atoms with Crippen molar-refractivity contribution in [1.82, 2.24) is 5.32 Å². The Morgan fingerprint density at radius 1 is 1.00 bits per heavy atom. The van der Waals surface area contributed by atoms with Crippen LogP contribution in [0.5, 0.6) is 0 Å². The van der Waals surface area contributed by atoms with Crippen molar-refractivity contribution in [2.24, 2.45) is 5.92 Å². The molecule has 2 heteroatoms. The summed E-state index contributed by atoms with van der Waals surface area (Å²) in [6.45, 7) is 9.12. The largest absolute Gasteiger partial charge is 0.395 e. The van der Waals surface area contributed by atoms with Gasteiger partial charge < -0.3 is 10.4 Å². The molecule has 0 bridgehead atoms. The van der Waals surface area contributed by atoms with E-state index in [-0.39, 0.29) is 12.6 Å². The lowest BCUT2D eigenvalue weighted by atomic mass is 9.97. The van der Waals surface area contributed by atoms with Crippen molar-refractivity contribution in [1.29, 1.82) is 0 Å². The Labute approximate surface area is 89.1 Å². The molecule has 0 aromatic heterocycles. The van der Waals surface area contributed by atoms with Crippen LogP contribution >= 0.6 is 0 Å². The smallest absolute Gasteiger partial charge is 0.0584 e. The van der Waals surface area contributed by atoms with Gasteiger partial charge in [0.25, 0.3) is 0 Å². The Morgan fingerprint density at radius 2 is 1.57 bits per heavy atom.